The zero-order valence-electron chi connectivity index (χ0n) is 13.8. The molecule has 1 aliphatic carbocycles. The van der Waals surface area contributed by atoms with E-state index in [2.05, 4.69) is 5.10 Å². The van der Waals surface area contributed by atoms with E-state index in [0.717, 1.165) is 24.5 Å². The van der Waals surface area contributed by atoms with Crippen molar-refractivity contribution < 1.29 is 4.79 Å². The van der Waals surface area contributed by atoms with E-state index in [-0.39, 0.29) is 17.0 Å². The van der Waals surface area contributed by atoms with Gasteiger partial charge in [0.05, 0.1) is 5.69 Å². The van der Waals surface area contributed by atoms with Crippen molar-refractivity contribution in [1.29, 1.82) is 0 Å². The summed E-state index contributed by atoms with van der Waals surface area (Å²) in [5.41, 5.74) is 1.31. The van der Waals surface area contributed by atoms with Crippen LogP contribution in [-0.4, -0.2) is 33.7 Å². The molecule has 1 saturated carbocycles. The molecule has 4 rings (SSSR count). The lowest BCUT2D eigenvalue weighted by Gasteiger charge is -2.17. The normalized spacial score (nSPS) is 22.6. The third kappa shape index (κ3) is 2.54. The number of rotatable bonds is 2. The number of amides is 1. The van der Waals surface area contributed by atoms with Gasteiger partial charge in [-0.2, -0.15) is 5.10 Å². The first-order chi connectivity index (χ1) is 11.6. The fraction of sp³-hybridized carbons (Fsp3) is 0.421. The van der Waals surface area contributed by atoms with Gasteiger partial charge in [-0.15, -0.1) is 0 Å². The summed E-state index contributed by atoms with van der Waals surface area (Å²) >= 11 is 0. The lowest BCUT2D eigenvalue weighted by molar-refractivity contribution is 0.0771. The van der Waals surface area contributed by atoms with Crippen molar-refractivity contribution in [3.63, 3.8) is 0 Å². The Morgan fingerprint density at radius 2 is 1.79 bits per heavy atom. The van der Waals surface area contributed by atoms with Crippen LogP contribution in [0.25, 0.3) is 5.69 Å². The van der Waals surface area contributed by atoms with Gasteiger partial charge >= 0.3 is 0 Å². The summed E-state index contributed by atoms with van der Waals surface area (Å²) in [7, 11) is 0. The zero-order chi connectivity index (χ0) is 16.7. The summed E-state index contributed by atoms with van der Waals surface area (Å²) in [5, 5.41) is 4.39. The Hall–Kier alpha value is -2.43. The van der Waals surface area contributed by atoms with Crippen molar-refractivity contribution in [2.75, 3.05) is 13.1 Å². The Bertz CT molecular complexity index is 816. The van der Waals surface area contributed by atoms with Gasteiger partial charge in [0, 0.05) is 24.8 Å². The molecule has 1 aromatic carbocycles. The Morgan fingerprint density at radius 1 is 1.12 bits per heavy atom. The Balaban J connectivity index is 1.68. The van der Waals surface area contributed by atoms with E-state index in [0.29, 0.717) is 11.8 Å². The molecule has 124 valence electrons. The molecule has 1 aromatic heterocycles. The summed E-state index contributed by atoms with van der Waals surface area (Å²) < 4.78 is 1.67. The van der Waals surface area contributed by atoms with Crippen molar-refractivity contribution in [1.82, 2.24) is 14.7 Å². The van der Waals surface area contributed by atoms with Gasteiger partial charge in [-0.25, -0.2) is 4.68 Å². The molecule has 2 unspecified atom stereocenters. The fourth-order valence-electron chi connectivity index (χ4n) is 4.08. The predicted octanol–water partition coefficient (Wildman–Crippen LogP) is 2.41. The highest BCUT2D eigenvalue weighted by atomic mass is 16.2. The standard InChI is InChI=1S/C19H21N3O2/c1-13-10-17(23)18(20-22(13)16-8-3-2-4-9-16)19(24)21-11-14-6-5-7-15(14)12-21/h2-4,8-10,14-15H,5-7,11-12H2,1H3. The molecule has 1 amide bonds. The van der Waals surface area contributed by atoms with Crippen molar-refractivity contribution in [3.8, 4) is 5.69 Å². The van der Waals surface area contributed by atoms with Gasteiger partial charge in [0.25, 0.3) is 5.91 Å². The molecule has 0 N–H and O–H groups in total. The number of carbonyl (C=O) groups is 1. The molecular formula is C19H21N3O2. The second-order valence-corrected chi connectivity index (χ2v) is 6.91. The number of carbonyl (C=O) groups excluding carboxylic acids is 1. The summed E-state index contributed by atoms with van der Waals surface area (Å²) in [6, 6.07) is 11.1. The minimum absolute atomic E-state index is 0.0319. The monoisotopic (exact) mass is 323 g/mol. The van der Waals surface area contributed by atoms with Crippen LogP contribution < -0.4 is 5.43 Å². The van der Waals surface area contributed by atoms with Crippen molar-refractivity contribution in [2.24, 2.45) is 11.8 Å². The number of para-hydroxylation sites is 1. The highest BCUT2D eigenvalue weighted by molar-refractivity contribution is 5.92. The van der Waals surface area contributed by atoms with Gasteiger partial charge in [-0.05, 0) is 43.7 Å². The number of benzene rings is 1. The molecule has 2 aliphatic rings. The second kappa shape index (κ2) is 5.89. The van der Waals surface area contributed by atoms with E-state index in [4.69, 9.17) is 0 Å². The largest absolute Gasteiger partial charge is 0.337 e. The maximum atomic E-state index is 12.8. The number of fused-ring (bicyclic) bond motifs is 1. The maximum Gasteiger partial charge on any atom is 0.278 e. The highest BCUT2D eigenvalue weighted by Crippen LogP contribution is 2.37. The van der Waals surface area contributed by atoms with E-state index in [9.17, 15) is 9.59 Å². The van der Waals surface area contributed by atoms with E-state index >= 15 is 0 Å². The van der Waals surface area contributed by atoms with Crippen LogP contribution >= 0.6 is 0 Å². The van der Waals surface area contributed by atoms with Crippen LogP contribution in [0.15, 0.2) is 41.2 Å². The molecule has 0 bridgehead atoms. The van der Waals surface area contributed by atoms with E-state index < -0.39 is 0 Å². The van der Waals surface area contributed by atoms with Crippen LogP contribution in [0, 0.1) is 18.8 Å². The van der Waals surface area contributed by atoms with Crippen molar-refractivity contribution in [2.45, 2.75) is 26.2 Å². The number of aryl methyl sites for hydroxylation is 1. The molecule has 2 atom stereocenters. The molecule has 2 aromatic rings. The Morgan fingerprint density at radius 3 is 2.46 bits per heavy atom. The van der Waals surface area contributed by atoms with Crippen LogP contribution in [0.4, 0.5) is 0 Å². The van der Waals surface area contributed by atoms with Gasteiger partial charge in [0.2, 0.25) is 5.43 Å². The Kier molecular flexibility index (Phi) is 3.71. The zero-order valence-corrected chi connectivity index (χ0v) is 13.8. The number of hydrogen-bond acceptors (Lipinski definition) is 3. The first kappa shape index (κ1) is 15.1. The van der Waals surface area contributed by atoms with Crippen LogP contribution in [0.2, 0.25) is 0 Å². The fourth-order valence-corrected chi connectivity index (χ4v) is 4.08. The summed E-state index contributed by atoms with van der Waals surface area (Å²) in [5.74, 6) is 0.991. The molecular weight excluding hydrogens is 302 g/mol. The molecule has 0 radical (unpaired) electrons. The topological polar surface area (TPSA) is 55.2 Å². The molecule has 1 aliphatic heterocycles. The van der Waals surface area contributed by atoms with Crippen molar-refractivity contribution in [3.05, 3.63) is 58.0 Å². The summed E-state index contributed by atoms with van der Waals surface area (Å²) in [6.07, 6.45) is 3.66. The average molecular weight is 323 g/mol. The maximum absolute atomic E-state index is 12.8. The summed E-state index contributed by atoms with van der Waals surface area (Å²) in [6.45, 7) is 3.36. The van der Waals surface area contributed by atoms with E-state index in [1.54, 1.807) is 4.68 Å². The van der Waals surface area contributed by atoms with Gasteiger partial charge in [-0.1, -0.05) is 24.6 Å². The van der Waals surface area contributed by atoms with E-state index in [1.807, 2.05) is 42.2 Å². The molecule has 24 heavy (non-hydrogen) atoms. The minimum Gasteiger partial charge on any atom is -0.337 e. The number of likely N-dealkylation sites (tertiary alicyclic amines) is 1. The average Bonchev–Trinajstić information content (AvgIpc) is 3.17. The molecule has 2 heterocycles. The molecule has 2 fully saturated rings. The SMILES string of the molecule is Cc1cc(=O)c(C(=O)N2CC3CCCC3C2)nn1-c1ccccc1. The third-order valence-electron chi connectivity index (χ3n) is 5.32. The Labute approximate surface area is 140 Å². The van der Waals surface area contributed by atoms with Gasteiger partial charge in [-0.3, -0.25) is 9.59 Å². The smallest absolute Gasteiger partial charge is 0.278 e. The van der Waals surface area contributed by atoms with Crippen molar-refractivity contribution >= 4 is 5.91 Å². The van der Waals surface area contributed by atoms with Crippen LogP contribution in [0.5, 0.6) is 0 Å². The molecule has 5 nitrogen and oxygen atoms in total. The molecule has 0 spiro atoms. The highest BCUT2D eigenvalue weighted by Gasteiger charge is 2.39. The van der Waals surface area contributed by atoms with Gasteiger partial charge in [0.15, 0.2) is 5.69 Å². The number of nitrogens with zero attached hydrogens (tertiary/aromatic N) is 3. The third-order valence-corrected chi connectivity index (χ3v) is 5.32. The quantitative estimate of drug-likeness (QED) is 0.853. The molecule has 1 saturated heterocycles. The van der Waals surface area contributed by atoms with Crippen LogP contribution in [0.1, 0.15) is 35.4 Å². The first-order valence-corrected chi connectivity index (χ1v) is 8.59. The first-order valence-electron chi connectivity index (χ1n) is 8.59. The van der Waals surface area contributed by atoms with E-state index in [1.165, 1.54) is 25.3 Å². The second-order valence-electron chi connectivity index (χ2n) is 6.91. The van der Waals surface area contributed by atoms with Gasteiger partial charge < -0.3 is 4.90 Å². The lowest BCUT2D eigenvalue weighted by Crippen LogP contribution is -2.35. The minimum atomic E-state index is -0.290. The van der Waals surface area contributed by atoms with Crippen LogP contribution in [0.3, 0.4) is 0 Å². The van der Waals surface area contributed by atoms with Gasteiger partial charge in [0.1, 0.15) is 0 Å². The molecule has 5 heteroatoms. The van der Waals surface area contributed by atoms with Crippen LogP contribution in [-0.2, 0) is 0 Å². The predicted molar refractivity (Wildman–Crippen MR) is 91.3 cm³/mol. The number of hydrogen-bond donors (Lipinski definition) is 0. The summed E-state index contributed by atoms with van der Waals surface area (Å²) in [4.78, 5) is 27.0. The lowest BCUT2D eigenvalue weighted by atomic mass is 10.0. The number of aromatic nitrogens is 2.